The molecule has 0 amide bonds. The monoisotopic (exact) mass is 307 g/mol. The fourth-order valence-electron chi connectivity index (χ4n) is 1.58. The van der Waals surface area contributed by atoms with Crippen LogP contribution in [0.25, 0.3) is 6.08 Å². The number of hydrogen-bond donors (Lipinski definition) is 0. The maximum atomic E-state index is 11.6. The lowest BCUT2D eigenvalue weighted by Crippen LogP contribution is -2.22. The second-order valence-corrected chi connectivity index (χ2v) is 5.39. The third kappa shape index (κ3) is 5.01. The molecule has 0 unspecified atom stereocenters. The van der Waals surface area contributed by atoms with E-state index in [4.69, 9.17) is 4.74 Å². The molecule has 0 bridgehead atoms. The van der Waals surface area contributed by atoms with E-state index in [0.717, 1.165) is 12.1 Å². The van der Waals surface area contributed by atoms with Gasteiger partial charge in [-0.2, -0.15) is 0 Å². The molecule has 0 aromatic heterocycles. The third-order valence-corrected chi connectivity index (χ3v) is 2.45. The number of esters is 2. The van der Waals surface area contributed by atoms with Crippen LogP contribution in [0.5, 0.6) is 0 Å². The lowest BCUT2D eigenvalue weighted by atomic mass is 10.1. The van der Waals surface area contributed by atoms with E-state index in [1.807, 2.05) is 0 Å². The molecule has 0 saturated heterocycles. The normalized spacial score (nSPS) is 11.3. The molecule has 0 radical (unpaired) electrons. The van der Waals surface area contributed by atoms with E-state index in [-0.39, 0.29) is 16.8 Å². The zero-order chi connectivity index (χ0) is 16.9. The van der Waals surface area contributed by atoms with Crippen molar-refractivity contribution in [3.63, 3.8) is 0 Å². The zero-order valence-electron chi connectivity index (χ0n) is 12.8. The van der Waals surface area contributed by atoms with E-state index in [0.29, 0.717) is 0 Å². The number of carbonyl (C=O) groups is 2. The third-order valence-electron chi connectivity index (χ3n) is 2.45. The summed E-state index contributed by atoms with van der Waals surface area (Å²) < 4.78 is 9.58. The molecular weight excluding hydrogens is 290 g/mol. The van der Waals surface area contributed by atoms with E-state index in [9.17, 15) is 19.7 Å². The first-order chi connectivity index (χ1) is 10.1. The first kappa shape index (κ1) is 17.4. The predicted octanol–water partition coefficient (Wildman–Crippen LogP) is 2.74. The quantitative estimate of drug-likeness (QED) is 0.367. The molecule has 0 atom stereocenters. The van der Waals surface area contributed by atoms with Crippen molar-refractivity contribution < 1.29 is 24.0 Å². The van der Waals surface area contributed by atoms with Crippen LogP contribution in [0.1, 0.15) is 36.7 Å². The SMILES string of the molecule is COC(=O)c1ccc(/C=C/C(=O)OC(C)(C)C)c([N+](=O)[O-])c1. The topological polar surface area (TPSA) is 95.7 Å². The molecule has 22 heavy (non-hydrogen) atoms. The van der Waals surface area contributed by atoms with Gasteiger partial charge in [-0.05, 0) is 39.0 Å². The van der Waals surface area contributed by atoms with E-state index in [2.05, 4.69) is 4.74 Å². The second kappa shape index (κ2) is 6.84. The number of ether oxygens (including phenoxy) is 2. The van der Waals surface area contributed by atoms with Crippen LogP contribution in [0.2, 0.25) is 0 Å². The number of nitro groups is 1. The summed E-state index contributed by atoms with van der Waals surface area (Å²) in [5.41, 5.74) is -0.711. The Kier molecular flexibility index (Phi) is 5.39. The van der Waals surface area contributed by atoms with Crippen molar-refractivity contribution in [1.82, 2.24) is 0 Å². The van der Waals surface area contributed by atoms with E-state index < -0.39 is 22.5 Å². The van der Waals surface area contributed by atoms with Gasteiger partial charge >= 0.3 is 11.9 Å². The second-order valence-electron chi connectivity index (χ2n) is 5.39. The van der Waals surface area contributed by atoms with Gasteiger partial charge in [-0.25, -0.2) is 9.59 Å². The summed E-state index contributed by atoms with van der Waals surface area (Å²) in [6.45, 7) is 5.14. The average molecular weight is 307 g/mol. The van der Waals surface area contributed by atoms with E-state index in [1.165, 1.54) is 25.3 Å². The van der Waals surface area contributed by atoms with Gasteiger partial charge in [0.05, 0.1) is 23.2 Å². The van der Waals surface area contributed by atoms with Crippen molar-refractivity contribution in [3.8, 4) is 0 Å². The Hall–Kier alpha value is -2.70. The first-order valence-corrected chi connectivity index (χ1v) is 6.42. The Balaban J connectivity index is 3.07. The molecule has 0 fully saturated rings. The highest BCUT2D eigenvalue weighted by Crippen LogP contribution is 2.22. The van der Waals surface area contributed by atoms with Gasteiger partial charge in [-0.3, -0.25) is 10.1 Å². The van der Waals surface area contributed by atoms with Crippen LogP contribution in [0.15, 0.2) is 24.3 Å². The fraction of sp³-hybridized carbons (Fsp3) is 0.333. The maximum absolute atomic E-state index is 11.6. The van der Waals surface area contributed by atoms with Crippen molar-refractivity contribution in [2.75, 3.05) is 7.11 Å². The molecule has 0 spiro atoms. The van der Waals surface area contributed by atoms with Gasteiger partial charge in [0.15, 0.2) is 0 Å². The average Bonchev–Trinajstić information content (AvgIpc) is 2.42. The molecule has 7 nitrogen and oxygen atoms in total. The summed E-state index contributed by atoms with van der Waals surface area (Å²) in [6, 6.07) is 3.85. The summed E-state index contributed by atoms with van der Waals surface area (Å²) in [5, 5.41) is 11.1. The Morgan fingerprint density at radius 2 is 1.91 bits per heavy atom. The number of benzene rings is 1. The van der Waals surface area contributed by atoms with Gasteiger partial charge in [0, 0.05) is 12.1 Å². The van der Waals surface area contributed by atoms with Gasteiger partial charge in [0.25, 0.3) is 5.69 Å². The molecule has 1 aromatic carbocycles. The van der Waals surface area contributed by atoms with Crippen LogP contribution < -0.4 is 0 Å². The van der Waals surface area contributed by atoms with Crippen molar-refractivity contribution in [3.05, 3.63) is 45.5 Å². The molecule has 0 heterocycles. The Morgan fingerprint density at radius 3 is 2.41 bits per heavy atom. The molecule has 0 aliphatic rings. The molecule has 118 valence electrons. The summed E-state index contributed by atoms with van der Waals surface area (Å²) >= 11 is 0. The minimum absolute atomic E-state index is 0.0589. The van der Waals surface area contributed by atoms with Crippen LogP contribution in [0, 0.1) is 10.1 Å². The number of hydrogen-bond acceptors (Lipinski definition) is 6. The molecule has 7 heteroatoms. The maximum Gasteiger partial charge on any atom is 0.338 e. The van der Waals surface area contributed by atoms with Gasteiger partial charge in [-0.1, -0.05) is 0 Å². The highest BCUT2D eigenvalue weighted by atomic mass is 16.6. The zero-order valence-corrected chi connectivity index (χ0v) is 12.8. The molecule has 0 N–H and O–H groups in total. The predicted molar refractivity (Wildman–Crippen MR) is 79.3 cm³/mol. The number of carbonyl (C=O) groups excluding carboxylic acids is 2. The summed E-state index contributed by atoms with van der Waals surface area (Å²) in [6.07, 6.45) is 2.37. The first-order valence-electron chi connectivity index (χ1n) is 6.42. The molecular formula is C15H17NO6. The molecule has 0 aliphatic carbocycles. The van der Waals surface area contributed by atoms with Gasteiger partial charge in [0.1, 0.15) is 5.60 Å². The van der Waals surface area contributed by atoms with Crippen molar-refractivity contribution in [2.24, 2.45) is 0 Å². The molecule has 1 rings (SSSR count). The minimum Gasteiger partial charge on any atom is -0.465 e. The lowest BCUT2D eigenvalue weighted by Gasteiger charge is -2.17. The smallest absolute Gasteiger partial charge is 0.338 e. The van der Waals surface area contributed by atoms with E-state index >= 15 is 0 Å². The molecule has 0 aliphatic heterocycles. The van der Waals surface area contributed by atoms with Crippen LogP contribution in [-0.4, -0.2) is 29.6 Å². The minimum atomic E-state index is -0.675. The number of rotatable bonds is 4. The Bertz CT molecular complexity index is 627. The highest BCUT2D eigenvalue weighted by Gasteiger charge is 2.18. The molecule has 1 aromatic rings. The lowest BCUT2D eigenvalue weighted by molar-refractivity contribution is -0.385. The Morgan fingerprint density at radius 1 is 1.27 bits per heavy atom. The van der Waals surface area contributed by atoms with Gasteiger partial charge < -0.3 is 9.47 Å². The van der Waals surface area contributed by atoms with Crippen LogP contribution in [0.3, 0.4) is 0 Å². The Labute approximate surface area is 127 Å². The standard InChI is InChI=1S/C15H17NO6/c1-15(2,3)22-13(17)8-7-10-5-6-11(14(18)21-4)9-12(10)16(19)20/h5-9H,1-4H3/b8-7+. The van der Waals surface area contributed by atoms with Crippen molar-refractivity contribution >= 4 is 23.7 Å². The number of methoxy groups -OCH3 is 1. The largest absolute Gasteiger partial charge is 0.465 e. The van der Waals surface area contributed by atoms with Gasteiger partial charge in [-0.15, -0.1) is 0 Å². The molecule has 0 saturated carbocycles. The summed E-state index contributed by atoms with van der Waals surface area (Å²) in [7, 11) is 1.19. The summed E-state index contributed by atoms with van der Waals surface area (Å²) in [4.78, 5) is 33.4. The van der Waals surface area contributed by atoms with Crippen LogP contribution >= 0.6 is 0 Å². The van der Waals surface area contributed by atoms with Crippen LogP contribution in [-0.2, 0) is 14.3 Å². The van der Waals surface area contributed by atoms with Crippen molar-refractivity contribution in [1.29, 1.82) is 0 Å². The van der Waals surface area contributed by atoms with Crippen molar-refractivity contribution in [2.45, 2.75) is 26.4 Å². The van der Waals surface area contributed by atoms with E-state index in [1.54, 1.807) is 20.8 Å². The highest BCUT2D eigenvalue weighted by molar-refractivity contribution is 5.92. The number of nitro benzene ring substituents is 1. The summed E-state index contributed by atoms with van der Waals surface area (Å²) in [5.74, 6) is -1.29. The number of nitrogens with zero attached hydrogens (tertiary/aromatic N) is 1. The van der Waals surface area contributed by atoms with Crippen LogP contribution in [0.4, 0.5) is 5.69 Å². The van der Waals surface area contributed by atoms with Gasteiger partial charge in [0.2, 0.25) is 0 Å². The fourth-order valence-corrected chi connectivity index (χ4v) is 1.58.